The van der Waals surface area contributed by atoms with E-state index >= 15 is 0 Å². The first-order valence-electron chi connectivity index (χ1n) is 5.99. The molecule has 3 N–H and O–H groups in total. The molecule has 0 aromatic heterocycles. The lowest BCUT2D eigenvalue weighted by Gasteiger charge is -2.16. The minimum Gasteiger partial charge on any atom is -0.376 e. The van der Waals surface area contributed by atoms with Crippen LogP contribution in [0.15, 0.2) is 48.5 Å². The molecule has 0 spiro atoms. The molecule has 98 valence electrons. The van der Waals surface area contributed by atoms with Gasteiger partial charge in [-0.3, -0.25) is 4.79 Å². The number of nitrogens with two attached hydrogens (primary N) is 1. The zero-order valence-corrected chi connectivity index (χ0v) is 10.6. The number of halogens is 1. The van der Waals surface area contributed by atoms with Crippen molar-refractivity contribution in [2.75, 3.05) is 5.32 Å². The second-order valence-electron chi connectivity index (χ2n) is 4.34. The molecule has 0 saturated carbocycles. The minimum atomic E-state index is -0.574. The standard InChI is InChI=1S/C15H15FN2O/c1-10(11-5-3-2-4-6-11)18-14-9-12(15(17)19)7-8-13(14)16/h2-10,18H,1H3,(H2,17,19). The minimum absolute atomic E-state index is 0.0705. The summed E-state index contributed by atoms with van der Waals surface area (Å²) in [4.78, 5) is 11.1. The third-order valence-electron chi connectivity index (χ3n) is 2.92. The van der Waals surface area contributed by atoms with E-state index in [2.05, 4.69) is 5.32 Å². The number of carbonyl (C=O) groups excluding carboxylic acids is 1. The summed E-state index contributed by atoms with van der Waals surface area (Å²) in [5.74, 6) is -0.983. The second-order valence-corrected chi connectivity index (χ2v) is 4.34. The molecule has 0 aliphatic carbocycles. The Labute approximate surface area is 111 Å². The highest BCUT2D eigenvalue weighted by molar-refractivity contribution is 5.93. The third kappa shape index (κ3) is 3.10. The van der Waals surface area contributed by atoms with Gasteiger partial charge in [-0.1, -0.05) is 30.3 Å². The fourth-order valence-electron chi connectivity index (χ4n) is 1.85. The molecular weight excluding hydrogens is 243 g/mol. The average molecular weight is 258 g/mol. The van der Waals surface area contributed by atoms with E-state index in [0.717, 1.165) is 5.56 Å². The highest BCUT2D eigenvalue weighted by atomic mass is 19.1. The Hall–Kier alpha value is -2.36. The van der Waals surface area contributed by atoms with Gasteiger partial charge in [0, 0.05) is 11.6 Å². The Morgan fingerprint density at radius 1 is 1.21 bits per heavy atom. The van der Waals surface area contributed by atoms with Gasteiger partial charge in [-0.15, -0.1) is 0 Å². The van der Waals surface area contributed by atoms with E-state index in [-0.39, 0.29) is 17.3 Å². The number of hydrogen-bond acceptors (Lipinski definition) is 2. The van der Waals surface area contributed by atoms with Gasteiger partial charge in [-0.25, -0.2) is 4.39 Å². The van der Waals surface area contributed by atoms with E-state index in [0.29, 0.717) is 0 Å². The number of hydrogen-bond donors (Lipinski definition) is 2. The van der Waals surface area contributed by atoms with Crippen LogP contribution >= 0.6 is 0 Å². The summed E-state index contributed by atoms with van der Waals surface area (Å²) in [6, 6.07) is 13.6. The van der Waals surface area contributed by atoms with Crippen molar-refractivity contribution in [2.24, 2.45) is 5.73 Å². The molecule has 1 atom stereocenters. The molecule has 0 fully saturated rings. The number of nitrogens with one attached hydrogen (secondary N) is 1. The fraction of sp³-hybridized carbons (Fsp3) is 0.133. The normalized spacial score (nSPS) is 11.9. The van der Waals surface area contributed by atoms with Gasteiger partial charge >= 0.3 is 0 Å². The van der Waals surface area contributed by atoms with E-state index in [1.165, 1.54) is 18.2 Å². The third-order valence-corrected chi connectivity index (χ3v) is 2.92. The van der Waals surface area contributed by atoms with Crippen molar-refractivity contribution < 1.29 is 9.18 Å². The summed E-state index contributed by atoms with van der Waals surface area (Å²) in [6.07, 6.45) is 0. The zero-order valence-electron chi connectivity index (χ0n) is 10.6. The molecule has 1 unspecified atom stereocenters. The quantitative estimate of drug-likeness (QED) is 0.885. The predicted octanol–water partition coefficient (Wildman–Crippen LogP) is 3.10. The summed E-state index contributed by atoms with van der Waals surface area (Å²) in [5, 5.41) is 3.04. The Morgan fingerprint density at radius 3 is 2.53 bits per heavy atom. The van der Waals surface area contributed by atoms with Crippen LogP contribution < -0.4 is 11.1 Å². The van der Waals surface area contributed by atoms with Crippen LogP contribution in [0.3, 0.4) is 0 Å². The molecular formula is C15H15FN2O. The van der Waals surface area contributed by atoms with Crippen molar-refractivity contribution in [3.8, 4) is 0 Å². The van der Waals surface area contributed by atoms with E-state index in [9.17, 15) is 9.18 Å². The smallest absolute Gasteiger partial charge is 0.248 e. The van der Waals surface area contributed by atoms with Gasteiger partial charge in [0.05, 0.1) is 5.69 Å². The van der Waals surface area contributed by atoms with Gasteiger partial charge in [-0.05, 0) is 30.7 Å². The van der Waals surface area contributed by atoms with E-state index < -0.39 is 11.7 Å². The average Bonchev–Trinajstić information content (AvgIpc) is 2.42. The molecule has 0 heterocycles. The molecule has 2 aromatic carbocycles. The lowest BCUT2D eigenvalue weighted by atomic mass is 10.1. The van der Waals surface area contributed by atoms with Crippen molar-refractivity contribution in [1.82, 2.24) is 0 Å². The lowest BCUT2D eigenvalue weighted by Crippen LogP contribution is -2.13. The van der Waals surface area contributed by atoms with Crippen molar-refractivity contribution in [3.05, 3.63) is 65.5 Å². The molecule has 0 aliphatic rings. The molecule has 0 radical (unpaired) electrons. The van der Waals surface area contributed by atoms with Gasteiger partial charge < -0.3 is 11.1 Å². The monoisotopic (exact) mass is 258 g/mol. The van der Waals surface area contributed by atoms with Crippen LogP contribution in [0.4, 0.5) is 10.1 Å². The maximum Gasteiger partial charge on any atom is 0.248 e. The van der Waals surface area contributed by atoms with Crippen molar-refractivity contribution in [3.63, 3.8) is 0 Å². The molecule has 4 heteroatoms. The first kappa shape index (κ1) is 13.1. The summed E-state index contributed by atoms with van der Waals surface area (Å²) in [6.45, 7) is 1.92. The summed E-state index contributed by atoms with van der Waals surface area (Å²) in [7, 11) is 0. The zero-order chi connectivity index (χ0) is 13.8. The fourth-order valence-corrected chi connectivity index (χ4v) is 1.85. The van der Waals surface area contributed by atoms with Crippen LogP contribution in [0, 0.1) is 5.82 Å². The van der Waals surface area contributed by atoms with E-state index in [1.807, 2.05) is 37.3 Å². The van der Waals surface area contributed by atoms with Gasteiger partial charge in [0.25, 0.3) is 0 Å². The Kier molecular flexibility index (Phi) is 3.80. The van der Waals surface area contributed by atoms with Crippen molar-refractivity contribution >= 4 is 11.6 Å². The van der Waals surface area contributed by atoms with Crippen molar-refractivity contribution in [2.45, 2.75) is 13.0 Å². The van der Waals surface area contributed by atoms with Crippen LogP contribution in [-0.2, 0) is 0 Å². The number of primary amides is 1. The number of anilines is 1. The van der Waals surface area contributed by atoms with Crippen LogP contribution in [-0.4, -0.2) is 5.91 Å². The molecule has 0 saturated heterocycles. The maximum atomic E-state index is 13.7. The number of carbonyl (C=O) groups is 1. The van der Waals surface area contributed by atoms with Gasteiger partial charge in [0.1, 0.15) is 5.82 Å². The molecule has 2 aromatic rings. The Morgan fingerprint density at radius 2 is 1.89 bits per heavy atom. The summed E-state index contributed by atoms with van der Waals surface area (Å²) < 4.78 is 13.7. The van der Waals surface area contributed by atoms with Crippen LogP contribution in [0.2, 0.25) is 0 Å². The van der Waals surface area contributed by atoms with Gasteiger partial charge in [-0.2, -0.15) is 0 Å². The SMILES string of the molecule is CC(Nc1cc(C(N)=O)ccc1F)c1ccccc1. The highest BCUT2D eigenvalue weighted by Crippen LogP contribution is 2.22. The Bertz CT molecular complexity index is 584. The van der Waals surface area contributed by atoms with Crippen molar-refractivity contribution in [1.29, 1.82) is 0 Å². The topological polar surface area (TPSA) is 55.1 Å². The molecule has 1 amide bonds. The van der Waals surface area contributed by atoms with Crippen LogP contribution in [0.5, 0.6) is 0 Å². The molecule has 3 nitrogen and oxygen atoms in total. The lowest BCUT2D eigenvalue weighted by molar-refractivity contribution is 0.100. The van der Waals surface area contributed by atoms with Crippen LogP contribution in [0.25, 0.3) is 0 Å². The number of rotatable bonds is 4. The summed E-state index contributed by atoms with van der Waals surface area (Å²) >= 11 is 0. The highest BCUT2D eigenvalue weighted by Gasteiger charge is 2.10. The molecule has 19 heavy (non-hydrogen) atoms. The Balaban J connectivity index is 2.23. The first-order chi connectivity index (χ1) is 9.08. The van der Waals surface area contributed by atoms with Gasteiger partial charge in [0.15, 0.2) is 0 Å². The number of amides is 1. The predicted molar refractivity (Wildman–Crippen MR) is 73.4 cm³/mol. The second kappa shape index (κ2) is 5.52. The molecule has 0 aliphatic heterocycles. The van der Waals surface area contributed by atoms with Gasteiger partial charge in [0.2, 0.25) is 5.91 Å². The van der Waals surface area contributed by atoms with E-state index in [4.69, 9.17) is 5.73 Å². The maximum absolute atomic E-state index is 13.7. The van der Waals surface area contributed by atoms with Crippen LogP contribution in [0.1, 0.15) is 28.9 Å². The number of benzene rings is 2. The summed E-state index contributed by atoms with van der Waals surface area (Å²) in [5.41, 5.74) is 6.77. The first-order valence-corrected chi connectivity index (χ1v) is 5.99. The largest absolute Gasteiger partial charge is 0.376 e. The van der Waals surface area contributed by atoms with E-state index in [1.54, 1.807) is 0 Å². The molecule has 0 bridgehead atoms. The molecule has 2 rings (SSSR count).